The van der Waals surface area contributed by atoms with Crippen molar-refractivity contribution in [3.05, 3.63) is 105 Å². The van der Waals surface area contributed by atoms with Crippen molar-refractivity contribution in [2.24, 2.45) is 0 Å². The van der Waals surface area contributed by atoms with Gasteiger partial charge in [-0.15, -0.1) is 0 Å². The summed E-state index contributed by atoms with van der Waals surface area (Å²) in [5, 5.41) is 14.5. The van der Waals surface area contributed by atoms with Crippen LogP contribution in [0.25, 0.3) is 0 Å². The van der Waals surface area contributed by atoms with Crippen LogP contribution in [-0.2, 0) is 32.6 Å². The maximum atomic E-state index is 14.2. The summed E-state index contributed by atoms with van der Waals surface area (Å²) in [5.74, 6) is -0.970. The minimum absolute atomic E-state index is 0.0274. The van der Waals surface area contributed by atoms with E-state index in [1.807, 2.05) is 75.4 Å². The first-order valence-electron chi connectivity index (χ1n) is 13.7. The van der Waals surface area contributed by atoms with E-state index in [2.05, 4.69) is 5.32 Å². The fourth-order valence-corrected chi connectivity index (χ4v) is 5.44. The van der Waals surface area contributed by atoms with Crippen LogP contribution in [0.5, 0.6) is 0 Å². The highest BCUT2D eigenvalue weighted by Crippen LogP contribution is 2.28. The largest absolute Gasteiger partial charge is 0.352 e. The van der Waals surface area contributed by atoms with E-state index in [4.69, 9.17) is 0 Å². The van der Waals surface area contributed by atoms with Crippen LogP contribution in [0.15, 0.2) is 72.8 Å². The van der Waals surface area contributed by atoms with Gasteiger partial charge in [0.05, 0.1) is 16.9 Å². The normalized spacial score (nSPS) is 12.7. The molecular weight excluding hydrogens is 556 g/mol. The molecule has 3 aromatic carbocycles. The third-order valence-corrected chi connectivity index (χ3v) is 8.35. The molecule has 0 bridgehead atoms. The van der Waals surface area contributed by atoms with E-state index in [0.717, 1.165) is 33.3 Å². The summed E-state index contributed by atoms with van der Waals surface area (Å²) in [5.41, 5.74) is 2.71. The fourth-order valence-electron chi connectivity index (χ4n) is 4.54. The second kappa shape index (κ2) is 14.1. The van der Waals surface area contributed by atoms with Crippen molar-refractivity contribution in [3.63, 3.8) is 0 Å². The first-order chi connectivity index (χ1) is 19.8. The third-order valence-electron chi connectivity index (χ3n) is 7.23. The Balaban J connectivity index is 2.12. The molecule has 0 aliphatic heterocycles. The smallest absolute Gasteiger partial charge is 0.271 e. The van der Waals surface area contributed by atoms with Gasteiger partial charge in [0.25, 0.3) is 5.69 Å². The van der Waals surface area contributed by atoms with Crippen molar-refractivity contribution in [1.29, 1.82) is 0 Å². The number of aryl methyl sites for hydroxylation is 2. The molecule has 0 heterocycles. The number of nitro benzene ring substituents is 1. The Bertz CT molecular complexity index is 1530. The second-order valence-corrected chi connectivity index (χ2v) is 12.4. The zero-order valence-corrected chi connectivity index (χ0v) is 25.4. The number of nitro groups is 1. The summed E-state index contributed by atoms with van der Waals surface area (Å²) in [6, 6.07) is 19.5. The van der Waals surface area contributed by atoms with Crippen molar-refractivity contribution < 1.29 is 22.9 Å². The lowest BCUT2D eigenvalue weighted by Gasteiger charge is -2.34. The molecule has 1 N–H and O–H groups in total. The minimum Gasteiger partial charge on any atom is -0.352 e. The van der Waals surface area contributed by atoms with Crippen molar-refractivity contribution in [2.75, 3.05) is 17.1 Å². The van der Waals surface area contributed by atoms with E-state index >= 15 is 0 Å². The maximum absolute atomic E-state index is 14.2. The van der Waals surface area contributed by atoms with E-state index < -0.39 is 33.4 Å². The highest BCUT2D eigenvalue weighted by Gasteiger charge is 2.34. The molecule has 3 aromatic rings. The molecular formula is C31H38N4O6S. The van der Waals surface area contributed by atoms with Gasteiger partial charge in [-0.1, -0.05) is 67.6 Å². The van der Waals surface area contributed by atoms with Crippen LogP contribution in [0.2, 0.25) is 0 Å². The zero-order chi connectivity index (χ0) is 31.0. The van der Waals surface area contributed by atoms with Crippen LogP contribution >= 0.6 is 0 Å². The summed E-state index contributed by atoms with van der Waals surface area (Å²) in [6.45, 7) is 6.75. The van der Waals surface area contributed by atoms with E-state index in [-0.39, 0.29) is 36.3 Å². The monoisotopic (exact) mass is 594 g/mol. The molecule has 2 atom stereocenters. The summed E-state index contributed by atoms with van der Waals surface area (Å²) in [4.78, 5) is 40.2. The summed E-state index contributed by atoms with van der Waals surface area (Å²) < 4.78 is 26.9. The lowest BCUT2D eigenvalue weighted by molar-refractivity contribution is -0.384. The van der Waals surface area contributed by atoms with Crippen molar-refractivity contribution in [1.82, 2.24) is 10.2 Å². The molecule has 11 heteroatoms. The highest BCUT2D eigenvalue weighted by atomic mass is 32.2. The Morgan fingerprint density at radius 3 is 2.21 bits per heavy atom. The van der Waals surface area contributed by atoms with Crippen LogP contribution in [-0.4, -0.2) is 54.9 Å². The number of rotatable bonds is 13. The Labute approximate surface area is 247 Å². The number of amides is 2. The van der Waals surface area contributed by atoms with Gasteiger partial charge in [-0.2, -0.15) is 0 Å². The molecule has 0 spiro atoms. The predicted molar refractivity (Wildman–Crippen MR) is 164 cm³/mol. The Morgan fingerprint density at radius 1 is 0.976 bits per heavy atom. The number of nitrogens with zero attached hydrogens (tertiary/aromatic N) is 3. The molecule has 3 rings (SSSR count). The molecule has 0 aliphatic carbocycles. The zero-order valence-electron chi connectivity index (χ0n) is 24.6. The number of hydrogen-bond donors (Lipinski definition) is 1. The van der Waals surface area contributed by atoms with Crippen molar-refractivity contribution >= 4 is 33.2 Å². The molecule has 0 fully saturated rings. The molecule has 0 saturated carbocycles. The van der Waals surface area contributed by atoms with Gasteiger partial charge in [0.15, 0.2) is 0 Å². The van der Waals surface area contributed by atoms with Gasteiger partial charge in [0.1, 0.15) is 12.6 Å². The van der Waals surface area contributed by atoms with Crippen LogP contribution in [0.3, 0.4) is 0 Å². The summed E-state index contributed by atoms with van der Waals surface area (Å²) in [6.07, 6.45) is 1.83. The van der Waals surface area contributed by atoms with Gasteiger partial charge in [-0.3, -0.25) is 24.0 Å². The number of carbonyl (C=O) groups excluding carboxylic acids is 2. The number of hydrogen-bond acceptors (Lipinski definition) is 6. The van der Waals surface area contributed by atoms with Gasteiger partial charge in [-0.05, 0) is 49.4 Å². The molecule has 0 radical (unpaired) electrons. The van der Waals surface area contributed by atoms with Crippen LogP contribution < -0.4 is 9.62 Å². The van der Waals surface area contributed by atoms with E-state index in [1.54, 1.807) is 6.92 Å². The van der Waals surface area contributed by atoms with Crippen molar-refractivity contribution in [3.8, 4) is 0 Å². The fraction of sp³-hybridized carbons (Fsp3) is 0.355. The maximum Gasteiger partial charge on any atom is 0.271 e. The summed E-state index contributed by atoms with van der Waals surface area (Å²) in [7, 11) is -4.06. The number of nitrogens with one attached hydrogen (secondary N) is 1. The average molecular weight is 595 g/mol. The molecule has 2 amide bonds. The molecule has 0 aliphatic rings. The number of non-ortho nitro benzene ring substituents is 1. The summed E-state index contributed by atoms with van der Waals surface area (Å²) >= 11 is 0. The molecule has 10 nitrogen and oxygen atoms in total. The third kappa shape index (κ3) is 8.39. The van der Waals surface area contributed by atoms with Crippen LogP contribution in [0, 0.1) is 24.0 Å². The lowest BCUT2D eigenvalue weighted by atomic mass is 10.0. The Hall–Kier alpha value is -4.25. The minimum atomic E-state index is -4.06. The second-order valence-electron chi connectivity index (χ2n) is 10.5. The molecule has 42 heavy (non-hydrogen) atoms. The molecule has 224 valence electrons. The molecule has 0 unspecified atom stereocenters. The highest BCUT2D eigenvalue weighted by molar-refractivity contribution is 7.92. The van der Waals surface area contributed by atoms with Crippen LogP contribution in [0.4, 0.5) is 11.4 Å². The van der Waals surface area contributed by atoms with Gasteiger partial charge < -0.3 is 10.2 Å². The van der Waals surface area contributed by atoms with Gasteiger partial charge in [0, 0.05) is 31.1 Å². The van der Waals surface area contributed by atoms with Gasteiger partial charge in [-0.25, -0.2) is 8.42 Å². The van der Waals surface area contributed by atoms with Crippen molar-refractivity contribution in [2.45, 2.75) is 59.2 Å². The average Bonchev–Trinajstić information content (AvgIpc) is 2.94. The van der Waals surface area contributed by atoms with E-state index in [9.17, 15) is 28.1 Å². The molecule has 0 saturated heterocycles. The van der Waals surface area contributed by atoms with E-state index in [1.165, 1.54) is 17.0 Å². The molecule has 0 aromatic heterocycles. The quantitative estimate of drug-likeness (QED) is 0.229. The van der Waals surface area contributed by atoms with Gasteiger partial charge >= 0.3 is 0 Å². The number of anilines is 1. The topological polar surface area (TPSA) is 130 Å². The Kier molecular flexibility index (Phi) is 10.8. The first-order valence-corrected chi connectivity index (χ1v) is 15.6. The van der Waals surface area contributed by atoms with E-state index in [0.29, 0.717) is 12.0 Å². The van der Waals surface area contributed by atoms with Gasteiger partial charge in [0.2, 0.25) is 21.8 Å². The number of sulfonamides is 1. The first kappa shape index (κ1) is 32.3. The predicted octanol–water partition coefficient (Wildman–Crippen LogP) is 4.53. The Morgan fingerprint density at radius 2 is 1.62 bits per heavy atom. The van der Waals surface area contributed by atoms with Crippen LogP contribution in [0.1, 0.15) is 42.5 Å². The lowest BCUT2D eigenvalue weighted by Crippen LogP contribution is -2.54. The number of benzene rings is 3. The standard InChI is InChI=1S/C31H38N4O6S/c1-6-24(4)32-31(37)29(18-25-13-8-7-9-14-25)33(20-26-15-11-10-12-22(26)2)30(36)21-34(42(5,40)41)28-19-27(35(38)39)17-16-23(28)3/h7-17,19,24,29H,6,18,20-21H2,1-5H3,(H,32,37)/t24-,29-/m1/s1. The number of carbonyl (C=O) groups is 2. The SMILES string of the molecule is CC[C@@H](C)NC(=O)[C@@H](Cc1ccccc1)N(Cc1ccccc1C)C(=O)CN(c1cc([N+](=O)[O-])ccc1C)S(C)(=O)=O.